The summed E-state index contributed by atoms with van der Waals surface area (Å²) < 4.78 is 11.1. The summed E-state index contributed by atoms with van der Waals surface area (Å²) in [6, 6.07) is 1.13. The Labute approximate surface area is 128 Å². The van der Waals surface area contributed by atoms with Crippen LogP contribution in [0.2, 0.25) is 0 Å². The van der Waals surface area contributed by atoms with Crippen LogP contribution < -0.4 is 5.32 Å². The third-order valence-corrected chi connectivity index (χ3v) is 4.33. The first-order valence-corrected chi connectivity index (χ1v) is 8.13. The van der Waals surface area contributed by atoms with Crippen LogP contribution in [0.3, 0.4) is 0 Å². The molecule has 2 fully saturated rings. The van der Waals surface area contributed by atoms with E-state index in [-0.39, 0.29) is 12.1 Å². The molecule has 2 heterocycles. The number of piperidine rings is 1. The summed E-state index contributed by atoms with van der Waals surface area (Å²) in [5, 5.41) is 3.70. The Morgan fingerprint density at radius 3 is 2.52 bits per heavy atom. The maximum atomic E-state index is 12.2. The molecule has 0 bridgehead atoms. The van der Waals surface area contributed by atoms with Gasteiger partial charge in [-0.15, -0.1) is 0 Å². The molecule has 4 atom stereocenters. The number of hydrogen-bond donors (Lipinski definition) is 1. The number of carbonyl (C=O) groups is 1. The van der Waals surface area contributed by atoms with Crippen molar-refractivity contribution >= 4 is 6.09 Å². The van der Waals surface area contributed by atoms with E-state index in [4.69, 9.17) is 9.47 Å². The predicted octanol–water partition coefficient (Wildman–Crippen LogP) is 2.54. The Morgan fingerprint density at radius 2 is 2.00 bits per heavy atom. The van der Waals surface area contributed by atoms with Crippen molar-refractivity contribution in [3.05, 3.63) is 0 Å². The summed E-state index contributed by atoms with van der Waals surface area (Å²) in [7, 11) is 0. The summed E-state index contributed by atoms with van der Waals surface area (Å²) >= 11 is 0. The molecule has 2 rings (SSSR count). The number of likely N-dealkylation sites (tertiary alicyclic amines) is 1. The second kappa shape index (κ2) is 6.53. The van der Waals surface area contributed by atoms with Crippen LogP contribution in [0.1, 0.15) is 53.9 Å². The Balaban J connectivity index is 1.83. The summed E-state index contributed by atoms with van der Waals surface area (Å²) in [6.45, 7) is 11.6. The summed E-state index contributed by atoms with van der Waals surface area (Å²) in [6.07, 6.45) is 3.15. The molecule has 21 heavy (non-hydrogen) atoms. The lowest BCUT2D eigenvalue weighted by Gasteiger charge is -2.39. The van der Waals surface area contributed by atoms with E-state index in [0.29, 0.717) is 18.2 Å². The minimum atomic E-state index is -0.428. The normalized spacial score (nSPS) is 34.0. The van der Waals surface area contributed by atoms with E-state index in [0.717, 1.165) is 32.4 Å². The molecule has 122 valence electrons. The average Bonchev–Trinajstić information content (AvgIpc) is 2.72. The van der Waals surface area contributed by atoms with E-state index in [1.807, 2.05) is 25.7 Å². The molecule has 0 aromatic rings. The monoisotopic (exact) mass is 298 g/mol. The lowest BCUT2D eigenvalue weighted by Crippen LogP contribution is -2.53. The molecule has 2 aliphatic heterocycles. The van der Waals surface area contributed by atoms with Crippen molar-refractivity contribution in [3.63, 3.8) is 0 Å². The molecule has 0 radical (unpaired) electrons. The zero-order valence-electron chi connectivity index (χ0n) is 14.0. The Hall–Kier alpha value is -0.810. The van der Waals surface area contributed by atoms with Crippen molar-refractivity contribution in [2.24, 2.45) is 0 Å². The van der Waals surface area contributed by atoms with E-state index in [2.05, 4.69) is 19.2 Å². The van der Waals surface area contributed by atoms with Gasteiger partial charge in [0.15, 0.2) is 0 Å². The van der Waals surface area contributed by atoms with Gasteiger partial charge < -0.3 is 19.7 Å². The van der Waals surface area contributed by atoms with Crippen molar-refractivity contribution < 1.29 is 14.3 Å². The summed E-state index contributed by atoms with van der Waals surface area (Å²) in [5.41, 5.74) is -0.428. The zero-order chi connectivity index (χ0) is 15.6. The van der Waals surface area contributed by atoms with Gasteiger partial charge in [0.25, 0.3) is 0 Å². The van der Waals surface area contributed by atoms with Gasteiger partial charge >= 0.3 is 6.09 Å². The molecule has 5 nitrogen and oxygen atoms in total. The molecule has 0 spiro atoms. The van der Waals surface area contributed by atoms with Crippen LogP contribution in [-0.2, 0) is 9.47 Å². The number of carbonyl (C=O) groups excluding carboxylic acids is 1. The number of nitrogens with zero attached hydrogens (tertiary/aromatic N) is 1. The molecule has 0 aromatic carbocycles. The molecular formula is C16H30N2O3. The molecule has 2 saturated heterocycles. The fourth-order valence-corrected chi connectivity index (χ4v) is 3.17. The third kappa shape index (κ3) is 4.58. The average molecular weight is 298 g/mol. The van der Waals surface area contributed by atoms with Crippen LogP contribution in [0.25, 0.3) is 0 Å². The first kappa shape index (κ1) is 16.6. The summed E-state index contributed by atoms with van der Waals surface area (Å²) in [4.78, 5) is 14.0. The number of hydrogen-bond acceptors (Lipinski definition) is 4. The van der Waals surface area contributed by atoms with Gasteiger partial charge in [-0.25, -0.2) is 4.79 Å². The first-order valence-electron chi connectivity index (χ1n) is 8.13. The largest absolute Gasteiger partial charge is 0.444 e. The molecule has 0 aliphatic carbocycles. The lowest BCUT2D eigenvalue weighted by atomic mass is 9.97. The van der Waals surface area contributed by atoms with Gasteiger partial charge in [-0.1, -0.05) is 0 Å². The molecule has 5 heteroatoms. The standard InChI is InChI=1S/C16H30N2O3/c1-11-10-13(17-14-7-9-20-12(14)2)6-8-18(11)15(19)21-16(3,4)5/h11-14,17H,6-10H2,1-5H3. The second-order valence-electron chi connectivity index (χ2n) is 7.38. The molecule has 1 N–H and O–H groups in total. The number of amides is 1. The van der Waals surface area contributed by atoms with Crippen molar-refractivity contribution in [3.8, 4) is 0 Å². The highest BCUT2D eigenvalue weighted by atomic mass is 16.6. The van der Waals surface area contributed by atoms with Gasteiger partial charge in [-0.2, -0.15) is 0 Å². The van der Waals surface area contributed by atoms with Gasteiger partial charge in [0, 0.05) is 31.3 Å². The topological polar surface area (TPSA) is 50.8 Å². The van der Waals surface area contributed by atoms with Crippen LogP contribution in [0.15, 0.2) is 0 Å². The van der Waals surface area contributed by atoms with Gasteiger partial charge in [-0.3, -0.25) is 0 Å². The molecule has 1 amide bonds. The maximum Gasteiger partial charge on any atom is 0.410 e. The van der Waals surface area contributed by atoms with Crippen LogP contribution in [-0.4, -0.2) is 54.0 Å². The lowest BCUT2D eigenvalue weighted by molar-refractivity contribution is 0.00845. The quantitative estimate of drug-likeness (QED) is 0.851. The van der Waals surface area contributed by atoms with E-state index in [1.54, 1.807) is 0 Å². The highest BCUT2D eigenvalue weighted by Crippen LogP contribution is 2.22. The van der Waals surface area contributed by atoms with Gasteiger partial charge in [0.05, 0.1) is 6.10 Å². The van der Waals surface area contributed by atoms with Gasteiger partial charge in [0.1, 0.15) is 5.60 Å². The number of ether oxygens (including phenoxy) is 2. The molecule has 0 aromatic heterocycles. The second-order valence-corrected chi connectivity index (χ2v) is 7.38. The van der Waals surface area contributed by atoms with Crippen molar-refractivity contribution in [2.45, 2.75) is 83.7 Å². The SMILES string of the molecule is CC1OCCC1NC1CCN(C(=O)OC(C)(C)C)C(C)C1. The van der Waals surface area contributed by atoms with Crippen molar-refractivity contribution in [1.29, 1.82) is 0 Å². The Morgan fingerprint density at radius 1 is 1.29 bits per heavy atom. The predicted molar refractivity (Wildman–Crippen MR) is 82.4 cm³/mol. The van der Waals surface area contributed by atoms with Crippen LogP contribution in [0.4, 0.5) is 4.79 Å². The fourth-order valence-electron chi connectivity index (χ4n) is 3.17. The van der Waals surface area contributed by atoms with Crippen molar-refractivity contribution in [2.75, 3.05) is 13.2 Å². The Bertz CT molecular complexity index is 367. The van der Waals surface area contributed by atoms with Crippen LogP contribution in [0.5, 0.6) is 0 Å². The number of nitrogens with one attached hydrogen (secondary N) is 1. The molecule has 4 unspecified atom stereocenters. The van der Waals surface area contributed by atoms with Gasteiger partial charge in [0.2, 0.25) is 0 Å². The van der Waals surface area contributed by atoms with E-state index < -0.39 is 5.60 Å². The van der Waals surface area contributed by atoms with Crippen LogP contribution in [0, 0.1) is 0 Å². The Kier molecular flexibility index (Phi) is 5.15. The summed E-state index contributed by atoms with van der Waals surface area (Å²) in [5.74, 6) is 0. The van der Waals surface area contributed by atoms with E-state index in [9.17, 15) is 4.79 Å². The maximum absolute atomic E-state index is 12.2. The van der Waals surface area contributed by atoms with Crippen LogP contribution >= 0.6 is 0 Å². The van der Waals surface area contributed by atoms with Gasteiger partial charge in [-0.05, 0) is 53.9 Å². The van der Waals surface area contributed by atoms with Crippen molar-refractivity contribution in [1.82, 2.24) is 10.2 Å². The molecule has 0 saturated carbocycles. The number of rotatable bonds is 2. The minimum absolute atomic E-state index is 0.189. The smallest absolute Gasteiger partial charge is 0.410 e. The zero-order valence-corrected chi connectivity index (χ0v) is 14.0. The highest BCUT2D eigenvalue weighted by molar-refractivity contribution is 5.68. The third-order valence-electron chi connectivity index (χ3n) is 4.33. The fraction of sp³-hybridized carbons (Fsp3) is 0.938. The first-order chi connectivity index (χ1) is 9.76. The highest BCUT2D eigenvalue weighted by Gasteiger charge is 2.34. The molecule has 2 aliphatic rings. The molecular weight excluding hydrogens is 268 g/mol. The van der Waals surface area contributed by atoms with E-state index in [1.165, 1.54) is 0 Å². The van der Waals surface area contributed by atoms with E-state index >= 15 is 0 Å². The minimum Gasteiger partial charge on any atom is -0.444 e.